The smallest absolute Gasteiger partial charge is 0.269 e. The number of alkyl halides is 2. The van der Waals surface area contributed by atoms with Crippen LogP contribution in [0.25, 0.3) is 22.0 Å². The lowest BCUT2D eigenvalue weighted by Gasteiger charge is -2.37. The molecule has 2 atom stereocenters. The fraction of sp³-hybridized carbons (Fsp3) is 0.391. The number of fused-ring (bicyclic) bond motifs is 1. The van der Waals surface area contributed by atoms with Crippen LogP contribution in [0.2, 0.25) is 5.02 Å². The van der Waals surface area contributed by atoms with Crippen LogP contribution in [0.4, 0.5) is 8.78 Å². The van der Waals surface area contributed by atoms with Gasteiger partial charge in [-0.2, -0.15) is 0 Å². The molecule has 0 bridgehead atoms. The number of ether oxygens (including phenoxy) is 1. The fourth-order valence-corrected chi connectivity index (χ4v) is 4.33. The predicted octanol–water partition coefficient (Wildman–Crippen LogP) is 6.04. The minimum absolute atomic E-state index is 0.0172. The third-order valence-electron chi connectivity index (χ3n) is 5.65. The Balaban J connectivity index is 1.64. The predicted molar refractivity (Wildman–Crippen MR) is 115 cm³/mol. The highest BCUT2D eigenvalue weighted by Crippen LogP contribution is 2.35. The molecule has 4 nitrogen and oxygen atoms in total. The summed E-state index contributed by atoms with van der Waals surface area (Å²) < 4.78 is 33.5. The first-order valence-electron chi connectivity index (χ1n) is 10.1. The quantitative estimate of drug-likeness (QED) is 0.534. The molecule has 30 heavy (non-hydrogen) atoms. The van der Waals surface area contributed by atoms with Crippen molar-refractivity contribution >= 4 is 22.5 Å². The van der Waals surface area contributed by atoms with E-state index in [1.165, 1.54) is 6.07 Å². The molecular formula is C23H24ClF2N3O. The first kappa shape index (κ1) is 20.9. The van der Waals surface area contributed by atoms with Gasteiger partial charge in [0.2, 0.25) is 5.88 Å². The van der Waals surface area contributed by atoms with Crippen molar-refractivity contribution in [1.29, 1.82) is 0 Å². The van der Waals surface area contributed by atoms with Crippen LogP contribution in [0, 0.1) is 5.92 Å². The summed E-state index contributed by atoms with van der Waals surface area (Å²) in [4.78, 5) is 8.57. The lowest BCUT2D eigenvalue weighted by Crippen LogP contribution is -2.52. The topological polar surface area (TPSA) is 47.0 Å². The number of halogens is 3. The van der Waals surface area contributed by atoms with Crippen LogP contribution < -0.4 is 10.1 Å². The molecule has 1 aliphatic heterocycles. The molecule has 3 aromatic rings. The Kier molecular flexibility index (Phi) is 5.89. The lowest BCUT2D eigenvalue weighted by molar-refractivity contribution is 0.119. The number of hydrogen-bond acceptors (Lipinski definition) is 4. The van der Waals surface area contributed by atoms with Crippen molar-refractivity contribution in [3.8, 4) is 17.0 Å². The molecule has 1 aromatic carbocycles. The van der Waals surface area contributed by atoms with Gasteiger partial charge in [-0.25, -0.2) is 13.8 Å². The normalized spacial score (nSPS) is 21.9. The first-order valence-corrected chi connectivity index (χ1v) is 10.4. The molecule has 2 aromatic heterocycles. The molecule has 1 unspecified atom stereocenters. The van der Waals surface area contributed by atoms with Crippen molar-refractivity contribution in [2.75, 3.05) is 13.2 Å². The number of pyridine rings is 2. The van der Waals surface area contributed by atoms with E-state index in [0.29, 0.717) is 28.6 Å². The minimum Gasteiger partial charge on any atom is -0.475 e. The molecule has 1 aliphatic rings. The largest absolute Gasteiger partial charge is 0.475 e. The van der Waals surface area contributed by atoms with Crippen LogP contribution in [0.5, 0.6) is 5.88 Å². The van der Waals surface area contributed by atoms with E-state index in [-0.39, 0.29) is 17.0 Å². The summed E-state index contributed by atoms with van der Waals surface area (Å²) in [5.41, 5.74) is 1.59. The number of nitrogens with zero attached hydrogens (tertiary/aromatic N) is 2. The summed E-state index contributed by atoms with van der Waals surface area (Å²) in [6.07, 6.45) is 2.55. The fourth-order valence-electron chi connectivity index (χ4n) is 4.17. The molecule has 7 heteroatoms. The van der Waals surface area contributed by atoms with Gasteiger partial charge in [0.05, 0.1) is 11.1 Å². The van der Waals surface area contributed by atoms with Gasteiger partial charge in [0.15, 0.2) is 0 Å². The van der Waals surface area contributed by atoms with E-state index in [4.69, 9.17) is 16.3 Å². The highest BCUT2D eigenvalue weighted by Gasteiger charge is 2.31. The maximum atomic E-state index is 13.8. The standard InChI is InChI=1S/C23H24ClF2N3O/c1-14-5-8-29-23(2,11-14)13-30-22-19(21(25)26)9-15(12-28-22)17-6-7-27-20-10-16(24)3-4-18(17)20/h3-4,6-7,9-10,12,14,21,29H,5,8,11,13H2,1-2H3/t14?,23-/m1/s1. The molecule has 0 aliphatic carbocycles. The molecule has 0 radical (unpaired) electrons. The van der Waals surface area contributed by atoms with Gasteiger partial charge in [0.1, 0.15) is 6.61 Å². The van der Waals surface area contributed by atoms with Crippen molar-refractivity contribution in [3.63, 3.8) is 0 Å². The van der Waals surface area contributed by atoms with E-state index >= 15 is 0 Å². The van der Waals surface area contributed by atoms with E-state index in [1.807, 2.05) is 6.07 Å². The van der Waals surface area contributed by atoms with Crippen LogP contribution in [0.15, 0.2) is 42.7 Å². The molecule has 0 spiro atoms. The molecule has 1 N–H and O–H groups in total. The van der Waals surface area contributed by atoms with Crippen molar-refractivity contribution in [2.45, 2.75) is 38.7 Å². The van der Waals surface area contributed by atoms with Gasteiger partial charge in [-0.05, 0) is 62.1 Å². The van der Waals surface area contributed by atoms with Crippen LogP contribution in [-0.2, 0) is 0 Å². The Labute approximate surface area is 179 Å². The second kappa shape index (κ2) is 8.44. The zero-order chi connectivity index (χ0) is 21.3. The third kappa shape index (κ3) is 4.40. The van der Waals surface area contributed by atoms with Crippen molar-refractivity contribution in [2.24, 2.45) is 5.92 Å². The Morgan fingerprint density at radius 3 is 2.87 bits per heavy atom. The summed E-state index contributed by atoms with van der Waals surface area (Å²) >= 11 is 6.05. The molecule has 0 saturated carbocycles. The zero-order valence-corrected chi connectivity index (χ0v) is 17.7. The zero-order valence-electron chi connectivity index (χ0n) is 17.0. The van der Waals surface area contributed by atoms with E-state index in [2.05, 4.69) is 29.1 Å². The van der Waals surface area contributed by atoms with E-state index in [0.717, 1.165) is 30.3 Å². The third-order valence-corrected chi connectivity index (χ3v) is 5.88. The summed E-state index contributed by atoms with van der Waals surface area (Å²) in [6, 6.07) is 8.58. The summed E-state index contributed by atoms with van der Waals surface area (Å²) in [5, 5.41) is 4.84. The second-order valence-electron chi connectivity index (χ2n) is 8.31. The van der Waals surface area contributed by atoms with Gasteiger partial charge < -0.3 is 10.1 Å². The van der Waals surface area contributed by atoms with Crippen LogP contribution in [0.3, 0.4) is 0 Å². The molecule has 1 saturated heterocycles. The van der Waals surface area contributed by atoms with E-state index < -0.39 is 6.43 Å². The van der Waals surface area contributed by atoms with Gasteiger partial charge in [-0.1, -0.05) is 24.6 Å². The van der Waals surface area contributed by atoms with Gasteiger partial charge in [0, 0.05) is 33.9 Å². The number of benzene rings is 1. The minimum atomic E-state index is -2.69. The van der Waals surface area contributed by atoms with Gasteiger partial charge in [-0.3, -0.25) is 4.98 Å². The number of piperidine rings is 1. The molecule has 1 fully saturated rings. The Morgan fingerprint density at radius 1 is 1.27 bits per heavy atom. The van der Waals surface area contributed by atoms with Crippen molar-refractivity contribution < 1.29 is 13.5 Å². The SMILES string of the molecule is CC1CCN[C@@](C)(COc2ncc(-c3ccnc4cc(Cl)ccc34)cc2C(F)F)C1. The number of nitrogens with one attached hydrogen (secondary N) is 1. The Morgan fingerprint density at radius 2 is 2.10 bits per heavy atom. The monoisotopic (exact) mass is 431 g/mol. The van der Waals surface area contributed by atoms with E-state index in [9.17, 15) is 8.78 Å². The Bertz CT molecular complexity index is 1060. The van der Waals surface area contributed by atoms with Crippen LogP contribution in [-0.4, -0.2) is 28.7 Å². The number of rotatable bonds is 5. The molecular weight excluding hydrogens is 408 g/mol. The highest BCUT2D eigenvalue weighted by molar-refractivity contribution is 6.31. The maximum absolute atomic E-state index is 13.8. The molecule has 0 amide bonds. The number of aromatic nitrogens is 2. The summed E-state index contributed by atoms with van der Waals surface area (Å²) in [5.74, 6) is 0.551. The number of hydrogen-bond donors (Lipinski definition) is 1. The van der Waals surface area contributed by atoms with Crippen molar-refractivity contribution in [3.05, 3.63) is 53.3 Å². The average molecular weight is 432 g/mol. The van der Waals surface area contributed by atoms with E-state index in [1.54, 1.807) is 30.6 Å². The van der Waals surface area contributed by atoms with Crippen LogP contribution >= 0.6 is 11.6 Å². The maximum Gasteiger partial charge on any atom is 0.269 e. The molecule has 4 rings (SSSR count). The average Bonchev–Trinajstić information content (AvgIpc) is 2.71. The first-order chi connectivity index (χ1) is 14.3. The van der Waals surface area contributed by atoms with Gasteiger partial charge in [0.25, 0.3) is 6.43 Å². The molecule has 3 heterocycles. The Hall–Kier alpha value is -2.31. The van der Waals surface area contributed by atoms with Crippen molar-refractivity contribution in [1.82, 2.24) is 15.3 Å². The second-order valence-corrected chi connectivity index (χ2v) is 8.75. The van der Waals surface area contributed by atoms with Crippen LogP contribution in [0.1, 0.15) is 38.7 Å². The van der Waals surface area contributed by atoms with Gasteiger partial charge in [-0.15, -0.1) is 0 Å². The summed E-state index contributed by atoms with van der Waals surface area (Å²) in [7, 11) is 0. The summed E-state index contributed by atoms with van der Waals surface area (Å²) in [6.45, 7) is 5.45. The molecule has 158 valence electrons. The lowest BCUT2D eigenvalue weighted by atomic mass is 9.85. The van der Waals surface area contributed by atoms with Gasteiger partial charge >= 0.3 is 0 Å². The highest BCUT2D eigenvalue weighted by atomic mass is 35.5.